The molecule has 3 N–H and O–H groups in total. The highest BCUT2D eigenvalue weighted by atomic mass is 35.5. The maximum Gasteiger partial charge on any atom is 0.321 e. The van der Waals surface area contributed by atoms with Gasteiger partial charge in [-0.25, -0.2) is 14.8 Å². The standard InChI is InChI=1S/C25H24ClN7O3/c1-36-19-5-2-16(3-6-19)31-25(35)33-10-8-17(9-11-33)29-22-21(26)14-28-24(32-22)30-18-4-7-20-15(12-18)13-27-23(20)34/h2-7,12-14,17H,8-11H2,1H3,(H,31,35)(H2,28,29,30,32). The average molecular weight is 506 g/mol. The Hall–Kier alpha value is -4.18. The molecule has 0 radical (unpaired) electrons. The zero-order valence-corrected chi connectivity index (χ0v) is 20.2. The lowest BCUT2D eigenvalue weighted by Crippen LogP contribution is -2.44. The minimum Gasteiger partial charge on any atom is -0.497 e. The zero-order chi connectivity index (χ0) is 25.1. The van der Waals surface area contributed by atoms with Gasteiger partial charge >= 0.3 is 6.03 Å². The molecule has 2 aliphatic heterocycles. The third-order valence-electron chi connectivity index (χ3n) is 6.07. The average Bonchev–Trinajstić information content (AvgIpc) is 3.26. The maximum absolute atomic E-state index is 12.6. The minimum absolute atomic E-state index is 0.109. The molecule has 0 unspecified atom stereocenters. The molecule has 3 aromatic rings. The third-order valence-corrected chi connectivity index (χ3v) is 6.34. The van der Waals surface area contributed by atoms with E-state index in [2.05, 4.69) is 30.9 Å². The Morgan fingerprint density at radius 3 is 2.61 bits per heavy atom. The van der Waals surface area contributed by atoms with Crippen molar-refractivity contribution in [2.75, 3.05) is 36.1 Å². The van der Waals surface area contributed by atoms with Gasteiger partial charge in [-0.3, -0.25) is 4.79 Å². The number of carbonyl (C=O) groups is 2. The monoisotopic (exact) mass is 505 g/mol. The number of methoxy groups -OCH3 is 1. The van der Waals surface area contributed by atoms with Crippen molar-refractivity contribution in [2.24, 2.45) is 4.99 Å². The van der Waals surface area contributed by atoms with Crippen molar-refractivity contribution in [1.82, 2.24) is 14.9 Å². The number of halogens is 1. The SMILES string of the molecule is COc1ccc(NC(=O)N2CCC(Nc3nc(Nc4ccc5c(c4)C=NC5=O)ncc3Cl)CC2)cc1. The van der Waals surface area contributed by atoms with Crippen molar-refractivity contribution in [1.29, 1.82) is 0 Å². The number of piperidine rings is 1. The van der Waals surface area contributed by atoms with Gasteiger partial charge < -0.3 is 25.6 Å². The highest BCUT2D eigenvalue weighted by Crippen LogP contribution is 2.26. The number of aromatic nitrogens is 2. The number of hydrogen-bond donors (Lipinski definition) is 3. The number of urea groups is 1. The molecule has 2 aliphatic rings. The Kier molecular flexibility index (Phi) is 6.68. The summed E-state index contributed by atoms with van der Waals surface area (Å²) < 4.78 is 5.15. The summed E-state index contributed by atoms with van der Waals surface area (Å²) in [4.78, 5) is 38.7. The number of benzene rings is 2. The first-order valence-electron chi connectivity index (χ1n) is 11.5. The Morgan fingerprint density at radius 2 is 1.86 bits per heavy atom. The van der Waals surface area contributed by atoms with Crippen molar-refractivity contribution in [3.05, 3.63) is 64.8 Å². The molecule has 2 aromatic carbocycles. The summed E-state index contributed by atoms with van der Waals surface area (Å²) >= 11 is 6.35. The van der Waals surface area contributed by atoms with Crippen LogP contribution in [-0.4, -0.2) is 59.3 Å². The van der Waals surface area contributed by atoms with Crippen LogP contribution in [0, 0.1) is 0 Å². The zero-order valence-electron chi connectivity index (χ0n) is 19.5. The predicted molar refractivity (Wildman–Crippen MR) is 139 cm³/mol. The van der Waals surface area contributed by atoms with Crippen LogP contribution in [-0.2, 0) is 0 Å². The van der Waals surface area contributed by atoms with Crippen molar-refractivity contribution in [2.45, 2.75) is 18.9 Å². The first-order valence-corrected chi connectivity index (χ1v) is 11.8. The smallest absolute Gasteiger partial charge is 0.321 e. The fraction of sp³-hybridized carbons (Fsp3) is 0.240. The molecule has 11 heteroatoms. The summed E-state index contributed by atoms with van der Waals surface area (Å²) in [6.07, 6.45) is 4.58. The molecular formula is C25H24ClN7O3. The van der Waals surface area contributed by atoms with Gasteiger partial charge in [-0.05, 0) is 55.3 Å². The Balaban J connectivity index is 1.16. The van der Waals surface area contributed by atoms with Crippen LogP contribution < -0.4 is 20.7 Å². The Morgan fingerprint density at radius 1 is 1.11 bits per heavy atom. The van der Waals surface area contributed by atoms with Gasteiger partial charge in [0.1, 0.15) is 10.8 Å². The van der Waals surface area contributed by atoms with Crippen LogP contribution in [0.3, 0.4) is 0 Å². The van der Waals surface area contributed by atoms with Crippen LogP contribution in [0.1, 0.15) is 28.8 Å². The molecular weight excluding hydrogens is 482 g/mol. The van der Waals surface area contributed by atoms with Crippen molar-refractivity contribution in [3.63, 3.8) is 0 Å². The number of nitrogens with one attached hydrogen (secondary N) is 3. The largest absolute Gasteiger partial charge is 0.497 e. The van der Waals surface area contributed by atoms with Crippen LogP contribution in [0.2, 0.25) is 5.02 Å². The second-order valence-corrected chi connectivity index (χ2v) is 8.85. The molecule has 1 aromatic heterocycles. The Labute approximate surface area is 212 Å². The van der Waals surface area contributed by atoms with Crippen LogP contribution in [0.15, 0.2) is 53.7 Å². The molecule has 0 aliphatic carbocycles. The number of likely N-dealkylation sites (tertiary alicyclic amines) is 1. The summed E-state index contributed by atoms with van der Waals surface area (Å²) in [6.45, 7) is 1.20. The number of amides is 3. The van der Waals surface area contributed by atoms with Gasteiger partial charge in [0.05, 0.1) is 18.9 Å². The highest BCUT2D eigenvalue weighted by Gasteiger charge is 2.24. The van der Waals surface area contributed by atoms with E-state index >= 15 is 0 Å². The predicted octanol–water partition coefficient (Wildman–Crippen LogP) is 4.56. The summed E-state index contributed by atoms with van der Waals surface area (Å²) in [6, 6.07) is 12.5. The number of nitrogens with zero attached hydrogens (tertiary/aromatic N) is 4. The fourth-order valence-electron chi connectivity index (χ4n) is 4.09. The molecule has 3 heterocycles. The summed E-state index contributed by atoms with van der Waals surface area (Å²) in [7, 11) is 1.60. The molecule has 3 amide bonds. The van der Waals surface area contributed by atoms with Crippen LogP contribution in [0.5, 0.6) is 5.75 Å². The van der Waals surface area contributed by atoms with E-state index < -0.39 is 0 Å². The molecule has 184 valence electrons. The molecule has 10 nitrogen and oxygen atoms in total. The van der Waals surface area contributed by atoms with E-state index in [4.69, 9.17) is 16.3 Å². The molecule has 5 rings (SSSR count). The van der Waals surface area contributed by atoms with E-state index in [0.29, 0.717) is 35.4 Å². The molecule has 0 bridgehead atoms. The van der Waals surface area contributed by atoms with Crippen molar-refractivity contribution >= 4 is 52.9 Å². The van der Waals surface area contributed by atoms with Crippen LogP contribution in [0.4, 0.5) is 27.9 Å². The molecule has 1 fully saturated rings. The minimum atomic E-state index is -0.241. The molecule has 0 atom stereocenters. The first-order chi connectivity index (χ1) is 17.5. The van der Waals surface area contributed by atoms with Gasteiger partial charge in [0.25, 0.3) is 5.91 Å². The van der Waals surface area contributed by atoms with E-state index in [-0.39, 0.29) is 18.0 Å². The third kappa shape index (κ3) is 5.23. The Bertz CT molecular complexity index is 1320. The second-order valence-electron chi connectivity index (χ2n) is 8.44. The fourth-order valence-corrected chi connectivity index (χ4v) is 4.24. The lowest BCUT2D eigenvalue weighted by Gasteiger charge is -2.32. The van der Waals surface area contributed by atoms with Gasteiger partial charge in [0.15, 0.2) is 5.82 Å². The van der Waals surface area contributed by atoms with E-state index in [1.165, 1.54) is 6.20 Å². The molecule has 36 heavy (non-hydrogen) atoms. The molecule has 1 saturated heterocycles. The summed E-state index contributed by atoms with van der Waals surface area (Å²) in [5, 5.41) is 9.85. The molecule has 0 spiro atoms. The van der Waals surface area contributed by atoms with E-state index in [0.717, 1.165) is 35.5 Å². The van der Waals surface area contributed by atoms with Crippen LogP contribution >= 0.6 is 11.6 Å². The van der Waals surface area contributed by atoms with Crippen LogP contribution in [0.25, 0.3) is 0 Å². The number of fused-ring (bicyclic) bond motifs is 1. The lowest BCUT2D eigenvalue weighted by atomic mass is 10.1. The number of aliphatic imine (C=N–C) groups is 1. The van der Waals surface area contributed by atoms with E-state index in [1.807, 2.05) is 18.2 Å². The number of carbonyl (C=O) groups excluding carboxylic acids is 2. The van der Waals surface area contributed by atoms with Gasteiger partial charge in [-0.15, -0.1) is 0 Å². The quantitative estimate of drug-likeness (QED) is 0.449. The summed E-state index contributed by atoms with van der Waals surface area (Å²) in [5.74, 6) is 1.39. The normalized spacial score (nSPS) is 14.9. The van der Waals surface area contributed by atoms with Gasteiger partial charge in [-0.2, -0.15) is 4.98 Å². The highest BCUT2D eigenvalue weighted by molar-refractivity contribution is 6.32. The van der Waals surface area contributed by atoms with E-state index in [1.54, 1.807) is 42.5 Å². The maximum atomic E-state index is 12.6. The van der Waals surface area contributed by atoms with E-state index in [9.17, 15) is 9.59 Å². The van der Waals surface area contributed by atoms with Gasteiger partial charge in [-0.1, -0.05) is 11.6 Å². The number of anilines is 4. The number of ether oxygens (including phenoxy) is 1. The number of hydrogen-bond acceptors (Lipinski definition) is 7. The van der Waals surface area contributed by atoms with Gasteiger partial charge in [0.2, 0.25) is 5.95 Å². The second kappa shape index (κ2) is 10.2. The van der Waals surface area contributed by atoms with Crippen molar-refractivity contribution < 1.29 is 14.3 Å². The molecule has 0 saturated carbocycles. The first kappa shape index (κ1) is 23.6. The number of rotatable bonds is 6. The van der Waals surface area contributed by atoms with Crippen molar-refractivity contribution in [3.8, 4) is 5.75 Å². The van der Waals surface area contributed by atoms with Gasteiger partial charge in [0, 0.05) is 42.3 Å². The summed E-state index contributed by atoms with van der Waals surface area (Å²) in [5.41, 5.74) is 2.78. The lowest BCUT2D eigenvalue weighted by molar-refractivity contribution is 0.101. The topological polar surface area (TPSA) is 121 Å².